The van der Waals surface area contributed by atoms with Gasteiger partial charge in [0.15, 0.2) is 0 Å². The summed E-state index contributed by atoms with van der Waals surface area (Å²) in [6.45, 7) is 2.09. The Morgan fingerprint density at radius 3 is 2.40 bits per heavy atom. The molecule has 0 heterocycles. The number of rotatable bonds is 10. The van der Waals surface area contributed by atoms with E-state index < -0.39 is 44.7 Å². The lowest BCUT2D eigenvalue weighted by atomic mass is 9.82. The maximum atomic E-state index is 14.9. The van der Waals surface area contributed by atoms with Crippen LogP contribution in [0.1, 0.15) is 54.1 Å². The van der Waals surface area contributed by atoms with E-state index in [1.54, 1.807) is 31.2 Å². The van der Waals surface area contributed by atoms with E-state index in [9.17, 15) is 35.6 Å². The second-order valence-electron chi connectivity index (χ2n) is 10.7. The molecule has 1 amide bonds. The van der Waals surface area contributed by atoms with E-state index in [1.165, 1.54) is 4.31 Å². The number of ether oxygens (including phenoxy) is 1. The third-order valence-electron chi connectivity index (χ3n) is 7.54. The fourth-order valence-electron chi connectivity index (χ4n) is 5.19. The van der Waals surface area contributed by atoms with E-state index in [2.05, 4.69) is 21.2 Å². The van der Waals surface area contributed by atoms with Crippen molar-refractivity contribution in [1.82, 2.24) is 4.31 Å². The maximum absolute atomic E-state index is 14.9. The summed E-state index contributed by atoms with van der Waals surface area (Å²) in [6, 6.07) is 12.1. The van der Waals surface area contributed by atoms with Crippen LogP contribution in [0.25, 0.3) is 0 Å². The van der Waals surface area contributed by atoms with E-state index in [1.807, 2.05) is 0 Å². The molecular formula is C31H30BrClF4N2O5S. The van der Waals surface area contributed by atoms with E-state index in [4.69, 9.17) is 16.3 Å². The highest BCUT2D eigenvalue weighted by Crippen LogP contribution is 2.35. The Labute approximate surface area is 272 Å². The Morgan fingerprint density at radius 2 is 1.76 bits per heavy atom. The molecule has 1 saturated carbocycles. The van der Waals surface area contributed by atoms with Crippen molar-refractivity contribution < 1.29 is 40.3 Å². The average molecular weight is 734 g/mol. The molecule has 4 rings (SSSR count). The van der Waals surface area contributed by atoms with Gasteiger partial charge in [-0.2, -0.15) is 17.5 Å². The number of amides is 1. The lowest BCUT2D eigenvalue weighted by Crippen LogP contribution is -2.37. The molecule has 0 bridgehead atoms. The number of halogens is 6. The molecule has 14 heteroatoms. The first-order valence-electron chi connectivity index (χ1n) is 14.1. The predicted octanol–water partition coefficient (Wildman–Crippen LogP) is 8.07. The zero-order valence-corrected chi connectivity index (χ0v) is 27.2. The first kappa shape index (κ1) is 34.9. The molecule has 0 aliphatic heterocycles. The van der Waals surface area contributed by atoms with Gasteiger partial charge < -0.3 is 10.1 Å². The van der Waals surface area contributed by atoms with Gasteiger partial charge in [-0.15, -0.1) is 0 Å². The third-order valence-corrected chi connectivity index (χ3v) is 10.2. The monoisotopic (exact) mass is 732 g/mol. The van der Waals surface area contributed by atoms with Crippen LogP contribution in [0.3, 0.4) is 0 Å². The Kier molecular flexibility index (Phi) is 11.3. The topological polar surface area (TPSA) is 92.8 Å². The van der Waals surface area contributed by atoms with Crippen LogP contribution in [0.2, 0.25) is 5.02 Å². The highest BCUT2D eigenvalue weighted by molar-refractivity contribution is 9.10. The second kappa shape index (κ2) is 14.6. The molecule has 0 spiro atoms. The minimum Gasteiger partial charge on any atom is -0.466 e. The maximum Gasteiger partial charge on any atom is 0.416 e. The van der Waals surface area contributed by atoms with Gasteiger partial charge in [-0.1, -0.05) is 39.7 Å². The van der Waals surface area contributed by atoms with Gasteiger partial charge >= 0.3 is 12.1 Å². The van der Waals surface area contributed by atoms with Crippen molar-refractivity contribution >= 4 is 55.1 Å². The molecule has 3 aromatic carbocycles. The van der Waals surface area contributed by atoms with Gasteiger partial charge in [-0.3, -0.25) is 9.59 Å². The Morgan fingerprint density at radius 1 is 1.04 bits per heavy atom. The van der Waals surface area contributed by atoms with Gasteiger partial charge in [0.05, 0.1) is 39.3 Å². The standard InChI is InChI=1S/C31H30BrClF4N2O5S/c1-2-44-30(41)21-8-6-19(7-9-21)17-39(18-20-4-3-5-23(32)14-20)45(42,43)24-11-13-27(34)25(16-24)29(40)38-28-15-22(31(35,36)37)10-12-26(28)33/h3-5,10-16,19,21H,2,6-9,17-18H2,1H3,(H,38,40). The van der Waals surface area contributed by atoms with Crippen LogP contribution < -0.4 is 5.32 Å². The summed E-state index contributed by atoms with van der Waals surface area (Å²) in [7, 11) is -4.32. The highest BCUT2D eigenvalue weighted by atomic mass is 79.9. The van der Waals surface area contributed by atoms with Crippen molar-refractivity contribution in [3.05, 3.63) is 92.7 Å². The van der Waals surface area contributed by atoms with Gasteiger partial charge in [-0.05, 0) is 92.6 Å². The number of alkyl halides is 3. The molecule has 0 atom stereocenters. The number of hydrogen-bond acceptors (Lipinski definition) is 5. The number of nitrogens with one attached hydrogen (secondary N) is 1. The third kappa shape index (κ3) is 8.84. The molecule has 1 N–H and O–H groups in total. The lowest BCUT2D eigenvalue weighted by molar-refractivity contribution is -0.149. The van der Waals surface area contributed by atoms with Gasteiger partial charge in [0.2, 0.25) is 10.0 Å². The quantitative estimate of drug-likeness (QED) is 0.168. The van der Waals surface area contributed by atoms with Crippen LogP contribution >= 0.6 is 27.5 Å². The van der Waals surface area contributed by atoms with Crippen molar-refractivity contribution in [3.8, 4) is 0 Å². The zero-order chi connectivity index (χ0) is 32.9. The number of anilines is 1. The molecule has 0 aromatic heterocycles. The summed E-state index contributed by atoms with van der Waals surface area (Å²) in [4.78, 5) is 24.9. The molecule has 1 aliphatic carbocycles. The minimum absolute atomic E-state index is 0.0294. The summed E-state index contributed by atoms with van der Waals surface area (Å²) in [5.74, 6) is -2.85. The fraction of sp³-hybridized carbons (Fsp3) is 0.355. The normalized spacial score (nSPS) is 17.2. The molecular weight excluding hydrogens is 704 g/mol. The van der Waals surface area contributed by atoms with Crippen LogP contribution in [0.15, 0.2) is 70.0 Å². The molecule has 242 valence electrons. The van der Waals surface area contributed by atoms with E-state index >= 15 is 0 Å². The summed E-state index contributed by atoms with van der Waals surface area (Å²) in [5.41, 5.74) is -1.52. The van der Waals surface area contributed by atoms with Crippen LogP contribution in [-0.4, -0.2) is 37.8 Å². The van der Waals surface area contributed by atoms with Crippen molar-refractivity contribution in [2.75, 3.05) is 18.5 Å². The highest BCUT2D eigenvalue weighted by Gasteiger charge is 2.34. The number of carbonyl (C=O) groups excluding carboxylic acids is 2. The molecule has 3 aromatic rings. The molecule has 7 nitrogen and oxygen atoms in total. The molecule has 1 fully saturated rings. The van der Waals surface area contributed by atoms with Gasteiger partial charge in [0.25, 0.3) is 5.91 Å². The van der Waals surface area contributed by atoms with Crippen LogP contribution in [0, 0.1) is 17.7 Å². The van der Waals surface area contributed by atoms with Crippen molar-refractivity contribution in [2.45, 2.75) is 50.2 Å². The molecule has 0 radical (unpaired) electrons. The minimum atomic E-state index is -4.72. The van der Waals surface area contributed by atoms with Crippen LogP contribution in [0.4, 0.5) is 23.2 Å². The number of nitrogens with zero attached hydrogens (tertiary/aromatic N) is 1. The van der Waals surface area contributed by atoms with Crippen molar-refractivity contribution in [1.29, 1.82) is 0 Å². The summed E-state index contributed by atoms with van der Waals surface area (Å²) < 4.78 is 89.7. The van der Waals surface area contributed by atoms with Crippen LogP contribution in [0.5, 0.6) is 0 Å². The van der Waals surface area contributed by atoms with Gasteiger partial charge in [-0.25, -0.2) is 12.8 Å². The number of esters is 1. The Bertz CT molecular complexity index is 1660. The van der Waals surface area contributed by atoms with Crippen molar-refractivity contribution in [2.24, 2.45) is 11.8 Å². The number of carbonyl (C=O) groups is 2. The average Bonchev–Trinajstić information content (AvgIpc) is 2.98. The smallest absolute Gasteiger partial charge is 0.416 e. The van der Waals surface area contributed by atoms with Crippen molar-refractivity contribution in [3.63, 3.8) is 0 Å². The summed E-state index contributed by atoms with van der Waals surface area (Å²) >= 11 is 9.37. The summed E-state index contributed by atoms with van der Waals surface area (Å²) in [6.07, 6.45) is -2.45. The Balaban J connectivity index is 1.61. The molecule has 0 saturated heterocycles. The predicted molar refractivity (Wildman–Crippen MR) is 165 cm³/mol. The molecule has 0 unspecified atom stereocenters. The number of benzene rings is 3. The molecule has 45 heavy (non-hydrogen) atoms. The first-order chi connectivity index (χ1) is 21.2. The van der Waals surface area contributed by atoms with E-state index in [0.717, 1.165) is 34.8 Å². The largest absolute Gasteiger partial charge is 0.466 e. The SMILES string of the molecule is CCOC(=O)C1CCC(CN(Cc2cccc(Br)c2)S(=O)(=O)c2ccc(F)c(C(=O)Nc3cc(C(F)(F)F)ccc3Cl)c2)CC1. The Hall–Kier alpha value is -3.00. The van der Waals surface area contributed by atoms with Gasteiger partial charge in [0.1, 0.15) is 5.82 Å². The number of sulfonamides is 1. The van der Waals surface area contributed by atoms with E-state index in [-0.39, 0.29) is 47.4 Å². The molecule has 1 aliphatic rings. The summed E-state index contributed by atoms with van der Waals surface area (Å²) in [5, 5.41) is 1.94. The van der Waals surface area contributed by atoms with E-state index in [0.29, 0.717) is 37.3 Å². The van der Waals surface area contributed by atoms with Gasteiger partial charge in [0, 0.05) is 17.6 Å². The fourth-order valence-corrected chi connectivity index (χ4v) is 7.33. The second-order valence-corrected chi connectivity index (χ2v) is 13.9. The lowest BCUT2D eigenvalue weighted by Gasteiger charge is -2.31. The zero-order valence-electron chi connectivity index (χ0n) is 24.0. The van der Waals surface area contributed by atoms with Crippen LogP contribution in [-0.2, 0) is 32.3 Å². The number of hydrogen-bond donors (Lipinski definition) is 1. The first-order valence-corrected chi connectivity index (χ1v) is 16.7.